The number of amides is 1. The quantitative estimate of drug-likeness (QED) is 0.889. The highest BCUT2D eigenvalue weighted by molar-refractivity contribution is 7.10. The molecule has 0 bridgehead atoms. The predicted molar refractivity (Wildman–Crippen MR) is 78.4 cm³/mol. The van der Waals surface area contributed by atoms with Crippen molar-refractivity contribution in [3.63, 3.8) is 0 Å². The van der Waals surface area contributed by atoms with Gasteiger partial charge in [0.2, 0.25) is 5.91 Å². The second-order valence-electron chi connectivity index (χ2n) is 5.67. The van der Waals surface area contributed by atoms with Crippen molar-refractivity contribution in [1.29, 1.82) is 0 Å². The van der Waals surface area contributed by atoms with E-state index in [1.807, 2.05) is 11.3 Å². The topological polar surface area (TPSA) is 41.1 Å². The van der Waals surface area contributed by atoms with Crippen molar-refractivity contribution in [2.75, 3.05) is 6.54 Å². The van der Waals surface area contributed by atoms with Crippen molar-refractivity contribution in [3.8, 4) is 0 Å². The van der Waals surface area contributed by atoms with Gasteiger partial charge in [0, 0.05) is 10.9 Å². The molecule has 1 heterocycles. The van der Waals surface area contributed by atoms with Crippen LogP contribution in [-0.4, -0.2) is 18.5 Å². The number of carbonyl (C=O) groups excluding carboxylic acids is 1. The highest BCUT2D eigenvalue weighted by atomic mass is 32.1. The van der Waals surface area contributed by atoms with E-state index in [1.54, 1.807) is 0 Å². The third-order valence-corrected chi connectivity index (χ3v) is 5.29. The van der Waals surface area contributed by atoms with Crippen LogP contribution in [-0.2, 0) is 11.2 Å². The summed E-state index contributed by atoms with van der Waals surface area (Å²) >= 11 is 1.82. The van der Waals surface area contributed by atoms with Crippen LogP contribution in [0.1, 0.15) is 55.0 Å². The van der Waals surface area contributed by atoms with Crippen molar-refractivity contribution in [1.82, 2.24) is 10.6 Å². The molecule has 1 aromatic rings. The molecule has 1 saturated carbocycles. The third kappa shape index (κ3) is 3.18. The average molecular weight is 278 g/mol. The van der Waals surface area contributed by atoms with E-state index < -0.39 is 0 Å². The molecule has 0 aliphatic heterocycles. The fraction of sp³-hybridized carbons (Fsp3) is 0.667. The van der Waals surface area contributed by atoms with Gasteiger partial charge in [-0.25, -0.2) is 0 Å². The van der Waals surface area contributed by atoms with Gasteiger partial charge < -0.3 is 10.6 Å². The average Bonchev–Trinajstić information content (AvgIpc) is 3.08. The molecular formula is C15H22N2OS. The number of nitrogens with one attached hydrogen (secondary N) is 2. The molecule has 3 nitrogen and oxygen atoms in total. The third-order valence-electron chi connectivity index (χ3n) is 4.29. The summed E-state index contributed by atoms with van der Waals surface area (Å²) in [6.45, 7) is 0.473. The number of hydrogen-bond donors (Lipinski definition) is 2. The molecule has 0 spiro atoms. The Morgan fingerprint density at radius 1 is 1.26 bits per heavy atom. The molecule has 2 aliphatic rings. The largest absolute Gasteiger partial charge is 0.348 e. The lowest BCUT2D eigenvalue weighted by Gasteiger charge is -2.24. The summed E-state index contributed by atoms with van der Waals surface area (Å²) in [5.41, 5.74) is 1.35. The summed E-state index contributed by atoms with van der Waals surface area (Å²) in [5, 5.41) is 8.71. The van der Waals surface area contributed by atoms with Crippen molar-refractivity contribution >= 4 is 17.2 Å². The minimum atomic E-state index is 0.149. The van der Waals surface area contributed by atoms with E-state index in [1.165, 1.54) is 49.0 Å². The minimum absolute atomic E-state index is 0.149. The van der Waals surface area contributed by atoms with Crippen LogP contribution in [0.3, 0.4) is 0 Å². The van der Waals surface area contributed by atoms with Crippen LogP contribution >= 0.6 is 11.3 Å². The van der Waals surface area contributed by atoms with Crippen LogP contribution in [0.4, 0.5) is 0 Å². The van der Waals surface area contributed by atoms with Gasteiger partial charge >= 0.3 is 0 Å². The fourth-order valence-electron chi connectivity index (χ4n) is 3.25. The molecule has 2 N–H and O–H groups in total. The molecule has 19 heavy (non-hydrogen) atoms. The number of aryl methyl sites for hydroxylation is 1. The maximum Gasteiger partial charge on any atom is 0.234 e. The Hall–Kier alpha value is -0.870. The Morgan fingerprint density at radius 2 is 2.11 bits per heavy atom. The molecular weight excluding hydrogens is 256 g/mol. The van der Waals surface area contributed by atoms with E-state index >= 15 is 0 Å². The number of carbonyl (C=O) groups is 1. The first-order chi connectivity index (χ1) is 9.33. The second kappa shape index (κ2) is 6.06. The molecule has 104 valence electrons. The van der Waals surface area contributed by atoms with Gasteiger partial charge in [-0.15, -0.1) is 11.3 Å². The van der Waals surface area contributed by atoms with Crippen molar-refractivity contribution in [2.45, 2.75) is 57.0 Å². The molecule has 2 aliphatic carbocycles. The Morgan fingerprint density at radius 3 is 2.95 bits per heavy atom. The van der Waals surface area contributed by atoms with Gasteiger partial charge in [-0.2, -0.15) is 0 Å². The number of thiophene rings is 1. The predicted octanol–water partition coefficient (Wildman–Crippen LogP) is 2.77. The zero-order chi connectivity index (χ0) is 13.1. The van der Waals surface area contributed by atoms with Gasteiger partial charge in [0.15, 0.2) is 0 Å². The maximum absolute atomic E-state index is 12.0. The molecule has 1 fully saturated rings. The van der Waals surface area contributed by atoms with Gasteiger partial charge in [-0.05, 0) is 49.1 Å². The van der Waals surface area contributed by atoms with Crippen molar-refractivity contribution in [3.05, 3.63) is 21.9 Å². The van der Waals surface area contributed by atoms with Crippen LogP contribution in [0.25, 0.3) is 0 Å². The van der Waals surface area contributed by atoms with E-state index in [2.05, 4.69) is 22.1 Å². The maximum atomic E-state index is 12.0. The minimum Gasteiger partial charge on any atom is -0.348 e. The first-order valence-electron chi connectivity index (χ1n) is 7.42. The van der Waals surface area contributed by atoms with Crippen LogP contribution in [0.15, 0.2) is 11.4 Å². The van der Waals surface area contributed by atoms with E-state index in [4.69, 9.17) is 0 Å². The first-order valence-corrected chi connectivity index (χ1v) is 8.30. The molecule has 3 rings (SSSR count). The Bertz CT molecular complexity index is 437. The summed E-state index contributed by atoms with van der Waals surface area (Å²) in [6.07, 6.45) is 8.52. The molecule has 1 aromatic heterocycles. The van der Waals surface area contributed by atoms with Gasteiger partial charge in [-0.1, -0.05) is 12.8 Å². The summed E-state index contributed by atoms with van der Waals surface area (Å²) in [5.74, 6) is 0.149. The Balaban J connectivity index is 1.50. The van der Waals surface area contributed by atoms with Crippen LogP contribution in [0.5, 0.6) is 0 Å². The zero-order valence-corrected chi connectivity index (χ0v) is 12.1. The number of hydrogen-bond acceptors (Lipinski definition) is 3. The van der Waals surface area contributed by atoms with Gasteiger partial charge in [-0.3, -0.25) is 4.79 Å². The van der Waals surface area contributed by atoms with Crippen LogP contribution in [0, 0.1) is 0 Å². The smallest absolute Gasteiger partial charge is 0.234 e. The molecule has 0 aromatic carbocycles. The Kier molecular flexibility index (Phi) is 4.18. The summed E-state index contributed by atoms with van der Waals surface area (Å²) in [4.78, 5) is 13.5. The van der Waals surface area contributed by atoms with Crippen LogP contribution < -0.4 is 10.6 Å². The fourth-order valence-corrected chi connectivity index (χ4v) is 4.24. The second-order valence-corrected chi connectivity index (χ2v) is 6.67. The van der Waals surface area contributed by atoms with E-state index in [0.717, 1.165) is 6.42 Å². The lowest BCUT2D eigenvalue weighted by Crippen LogP contribution is -2.40. The highest BCUT2D eigenvalue weighted by Crippen LogP contribution is 2.33. The van der Waals surface area contributed by atoms with Gasteiger partial charge in [0.05, 0.1) is 12.6 Å². The van der Waals surface area contributed by atoms with E-state index in [9.17, 15) is 4.79 Å². The van der Waals surface area contributed by atoms with Gasteiger partial charge in [0.1, 0.15) is 0 Å². The molecule has 1 amide bonds. The Labute approximate surface area is 118 Å². The van der Waals surface area contributed by atoms with E-state index in [-0.39, 0.29) is 11.9 Å². The molecule has 4 heteroatoms. The SMILES string of the molecule is O=C(CNC1CCCC1)NC1CCCc2sccc21. The first kappa shape index (κ1) is 13.1. The number of fused-ring (bicyclic) bond motifs is 1. The molecule has 1 unspecified atom stereocenters. The van der Waals surface area contributed by atoms with Gasteiger partial charge in [0.25, 0.3) is 0 Å². The lowest BCUT2D eigenvalue weighted by molar-refractivity contribution is -0.121. The standard InChI is InChI=1S/C15H22N2OS/c18-15(10-16-11-4-1-2-5-11)17-13-6-3-7-14-12(13)8-9-19-14/h8-9,11,13,16H,1-7,10H2,(H,17,18). The highest BCUT2D eigenvalue weighted by Gasteiger charge is 2.23. The summed E-state index contributed by atoms with van der Waals surface area (Å²) in [7, 11) is 0. The number of rotatable bonds is 4. The molecule has 0 radical (unpaired) electrons. The molecule has 0 saturated heterocycles. The summed E-state index contributed by atoms with van der Waals surface area (Å²) < 4.78 is 0. The summed E-state index contributed by atoms with van der Waals surface area (Å²) in [6, 6.07) is 2.98. The monoisotopic (exact) mass is 278 g/mol. The normalized spacial score (nSPS) is 23.3. The van der Waals surface area contributed by atoms with E-state index in [0.29, 0.717) is 12.6 Å². The zero-order valence-electron chi connectivity index (χ0n) is 11.3. The van der Waals surface area contributed by atoms with Crippen molar-refractivity contribution in [2.24, 2.45) is 0 Å². The lowest BCUT2D eigenvalue weighted by atomic mass is 9.94. The van der Waals surface area contributed by atoms with Crippen LogP contribution in [0.2, 0.25) is 0 Å². The van der Waals surface area contributed by atoms with Crippen molar-refractivity contribution < 1.29 is 4.79 Å². The molecule has 1 atom stereocenters.